The van der Waals surface area contributed by atoms with Gasteiger partial charge < -0.3 is 9.33 Å². The lowest BCUT2D eigenvalue weighted by Crippen LogP contribution is -2.41. The molecule has 5 nitrogen and oxygen atoms in total. The number of thioether (sulfide) groups is 1. The van der Waals surface area contributed by atoms with Crippen molar-refractivity contribution in [2.24, 2.45) is 0 Å². The van der Waals surface area contributed by atoms with E-state index in [9.17, 15) is 9.59 Å². The molecule has 30 heavy (non-hydrogen) atoms. The Labute approximate surface area is 185 Å². The SMILES string of the molecule is CC(=O)c1cc(N(C)C=O)ccc1C1NC2CC=CC(O[Si](C)(C)C(C)(C)C)=C2S1. The molecular formula is C23H32N2O3SSi. The zero-order chi connectivity index (χ0) is 22.3. The lowest BCUT2D eigenvalue weighted by Gasteiger charge is -2.38. The van der Waals surface area contributed by atoms with Gasteiger partial charge in [0.25, 0.3) is 8.32 Å². The number of amides is 1. The smallest absolute Gasteiger partial charge is 0.250 e. The molecule has 7 heteroatoms. The van der Waals surface area contributed by atoms with Gasteiger partial charge in [-0.2, -0.15) is 0 Å². The van der Waals surface area contributed by atoms with Gasteiger partial charge in [0.15, 0.2) is 5.78 Å². The van der Waals surface area contributed by atoms with E-state index in [0.29, 0.717) is 11.3 Å². The number of ketones is 1. The number of fused-ring (bicyclic) bond motifs is 1. The fraction of sp³-hybridized carbons (Fsp3) is 0.478. The number of allylic oxidation sites excluding steroid dienone is 1. The maximum Gasteiger partial charge on any atom is 0.250 e. The zero-order valence-corrected chi connectivity index (χ0v) is 20.7. The van der Waals surface area contributed by atoms with Crippen LogP contribution in [0.15, 0.2) is 41.0 Å². The van der Waals surface area contributed by atoms with Crippen LogP contribution in [-0.4, -0.2) is 33.6 Å². The summed E-state index contributed by atoms with van der Waals surface area (Å²) >= 11 is 1.74. The minimum absolute atomic E-state index is 0.00623. The Bertz CT molecular complexity index is 918. The largest absolute Gasteiger partial charge is 0.543 e. The van der Waals surface area contributed by atoms with Crippen LogP contribution in [0.25, 0.3) is 0 Å². The molecule has 1 aliphatic carbocycles. The Morgan fingerprint density at radius 1 is 1.33 bits per heavy atom. The third-order valence-corrected chi connectivity index (χ3v) is 11.9. The van der Waals surface area contributed by atoms with Crippen molar-refractivity contribution in [3.8, 4) is 0 Å². The molecule has 2 atom stereocenters. The summed E-state index contributed by atoms with van der Waals surface area (Å²) in [7, 11) is -0.265. The van der Waals surface area contributed by atoms with Gasteiger partial charge in [-0.1, -0.05) is 32.9 Å². The molecule has 2 unspecified atom stereocenters. The Kier molecular flexibility index (Phi) is 6.37. The molecule has 1 heterocycles. The molecule has 0 radical (unpaired) electrons. The van der Waals surface area contributed by atoms with Crippen molar-refractivity contribution >= 4 is 38.0 Å². The fourth-order valence-corrected chi connectivity index (χ4v) is 5.80. The molecule has 0 aromatic heterocycles. The standard InChI is InChI=1S/C23H32N2O3SSi/c1-15(27)18-13-16(25(5)14-26)11-12-17(18)22-24-19-9-8-10-20(21(19)29-22)28-30(6,7)23(2,3)4/h8,10-14,19,22,24H,9H2,1-7H3. The van der Waals surface area contributed by atoms with Gasteiger partial charge in [-0.3, -0.25) is 14.9 Å². The molecule has 1 aromatic rings. The summed E-state index contributed by atoms with van der Waals surface area (Å²) in [4.78, 5) is 26.2. The van der Waals surface area contributed by atoms with Gasteiger partial charge >= 0.3 is 0 Å². The van der Waals surface area contributed by atoms with Crippen LogP contribution < -0.4 is 10.2 Å². The first-order valence-corrected chi connectivity index (χ1v) is 14.1. The van der Waals surface area contributed by atoms with Crippen LogP contribution in [0.1, 0.15) is 55.4 Å². The molecule has 162 valence electrons. The van der Waals surface area contributed by atoms with Crippen molar-refractivity contribution in [2.45, 2.75) is 63.7 Å². The minimum Gasteiger partial charge on any atom is -0.543 e. The number of hydrogen-bond acceptors (Lipinski definition) is 5. The topological polar surface area (TPSA) is 58.6 Å². The molecule has 1 aromatic carbocycles. The van der Waals surface area contributed by atoms with E-state index in [-0.39, 0.29) is 22.2 Å². The molecule has 1 saturated heterocycles. The van der Waals surface area contributed by atoms with Gasteiger partial charge in [-0.05, 0) is 55.2 Å². The summed E-state index contributed by atoms with van der Waals surface area (Å²) in [5.41, 5.74) is 2.30. The molecule has 2 aliphatic rings. The summed E-state index contributed by atoms with van der Waals surface area (Å²) in [5, 5.41) is 3.77. The van der Waals surface area contributed by atoms with Crippen LogP contribution in [-0.2, 0) is 9.22 Å². The lowest BCUT2D eigenvalue weighted by molar-refractivity contribution is -0.107. The number of carbonyl (C=O) groups excluding carboxylic acids is 2. The molecule has 1 N–H and O–H groups in total. The number of anilines is 1. The van der Waals surface area contributed by atoms with Gasteiger partial charge in [-0.25, -0.2) is 0 Å². The van der Waals surface area contributed by atoms with Crippen LogP contribution in [0.3, 0.4) is 0 Å². The van der Waals surface area contributed by atoms with Crippen molar-refractivity contribution in [2.75, 3.05) is 11.9 Å². The summed E-state index contributed by atoms with van der Waals surface area (Å²) in [6.07, 6.45) is 5.93. The predicted molar refractivity (Wildman–Crippen MR) is 127 cm³/mol. The summed E-state index contributed by atoms with van der Waals surface area (Å²) < 4.78 is 6.64. The second kappa shape index (κ2) is 8.36. The third-order valence-electron chi connectivity index (χ3n) is 6.23. The molecule has 1 amide bonds. The fourth-order valence-electron chi connectivity index (χ4n) is 3.32. The predicted octanol–water partition coefficient (Wildman–Crippen LogP) is 5.38. The first kappa shape index (κ1) is 22.8. The van der Waals surface area contributed by atoms with Gasteiger partial charge in [0, 0.05) is 29.2 Å². The van der Waals surface area contributed by atoms with Crippen molar-refractivity contribution in [1.82, 2.24) is 5.32 Å². The second-order valence-corrected chi connectivity index (χ2v) is 15.4. The lowest BCUT2D eigenvalue weighted by atomic mass is 10.0. The Morgan fingerprint density at radius 3 is 2.63 bits per heavy atom. The maximum absolute atomic E-state index is 12.4. The van der Waals surface area contributed by atoms with E-state index in [1.807, 2.05) is 12.1 Å². The van der Waals surface area contributed by atoms with Crippen LogP contribution in [0.5, 0.6) is 0 Å². The highest BCUT2D eigenvalue weighted by Gasteiger charge is 2.42. The number of Topliss-reactive ketones (excluding diaryl/α,β-unsaturated/α-hetero) is 1. The number of nitrogens with one attached hydrogen (secondary N) is 1. The molecule has 0 spiro atoms. The van der Waals surface area contributed by atoms with E-state index in [0.717, 1.165) is 24.2 Å². The number of nitrogens with zero attached hydrogens (tertiary/aromatic N) is 1. The van der Waals surface area contributed by atoms with Gasteiger partial charge in [0.2, 0.25) is 6.41 Å². The van der Waals surface area contributed by atoms with Gasteiger partial charge in [-0.15, -0.1) is 11.8 Å². The highest BCUT2D eigenvalue weighted by molar-refractivity contribution is 8.03. The molecule has 1 fully saturated rings. The Morgan fingerprint density at radius 2 is 2.03 bits per heavy atom. The molecule has 0 bridgehead atoms. The number of rotatable bonds is 6. The molecule has 3 rings (SSSR count). The maximum atomic E-state index is 12.4. The van der Waals surface area contributed by atoms with Crippen LogP contribution in [0.2, 0.25) is 18.1 Å². The van der Waals surface area contributed by atoms with Crippen molar-refractivity contribution in [3.05, 3.63) is 52.1 Å². The average Bonchev–Trinajstić information content (AvgIpc) is 3.11. The second-order valence-electron chi connectivity index (χ2n) is 9.49. The quantitative estimate of drug-likeness (QED) is 0.363. The van der Waals surface area contributed by atoms with E-state index in [1.165, 1.54) is 9.81 Å². The molecule has 1 aliphatic heterocycles. The van der Waals surface area contributed by atoms with E-state index < -0.39 is 8.32 Å². The minimum atomic E-state index is -1.95. The van der Waals surface area contributed by atoms with Crippen molar-refractivity contribution < 1.29 is 14.0 Å². The van der Waals surface area contributed by atoms with Crippen LogP contribution in [0, 0.1) is 0 Å². The summed E-state index contributed by atoms with van der Waals surface area (Å²) in [6.45, 7) is 12.8. The molecule has 0 saturated carbocycles. The highest BCUT2D eigenvalue weighted by Crippen LogP contribution is 2.48. The first-order chi connectivity index (χ1) is 13.9. The summed E-state index contributed by atoms with van der Waals surface area (Å²) in [6, 6.07) is 5.84. The average molecular weight is 445 g/mol. The van der Waals surface area contributed by atoms with E-state index >= 15 is 0 Å². The van der Waals surface area contributed by atoms with E-state index in [2.05, 4.69) is 51.3 Å². The van der Waals surface area contributed by atoms with Gasteiger partial charge in [0.1, 0.15) is 5.76 Å². The normalized spacial score (nSPS) is 21.4. The van der Waals surface area contributed by atoms with E-state index in [4.69, 9.17) is 4.43 Å². The number of carbonyl (C=O) groups is 2. The van der Waals surface area contributed by atoms with Crippen molar-refractivity contribution in [1.29, 1.82) is 0 Å². The number of hydrogen-bond donors (Lipinski definition) is 1. The molecular weight excluding hydrogens is 412 g/mol. The van der Waals surface area contributed by atoms with Crippen LogP contribution in [0.4, 0.5) is 5.69 Å². The highest BCUT2D eigenvalue weighted by atomic mass is 32.2. The third kappa shape index (κ3) is 4.43. The van der Waals surface area contributed by atoms with Gasteiger partial charge in [0.05, 0.1) is 5.37 Å². The Hall–Kier alpha value is -1.83. The first-order valence-electron chi connectivity index (χ1n) is 10.3. The monoisotopic (exact) mass is 444 g/mol. The van der Waals surface area contributed by atoms with E-state index in [1.54, 1.807) is 31.8 Å². The van der Waals surface area contributed by atoms with Crippen molar-refractivity contribution in [3.63, 3.8) is 0 Å². The zero-order valence-electron chi connectivity index (χ0n) is 18.9. The summed E-state index contributed by atoms with van der Waals surface area (Å²) in [5.74, 6) is 0.966. The Balaban J connectivity index is 1.93. The number of benzene rings is 1. The van der Waals surface area contributed by atoms with Crippen LogP contribution >= 0.6 is 11.8 Å².